The van der Waals surface area contributed by atoms with Crippen LogP contribution in [0.1, 0.15) is 25.3 Å². The molecule has 1 heteroatoms. The molecule has 0 aromatic heterocycles. The zero-order chi connectivity index (χ0) is 10.2. The van der Waals surface area contributed by atoms with Crippen LogP contribution >= 0.6 is 0 Å². The number of allylic oxidation sites excluding steroid dienone is 1. The monoisotopic (exact) mass is 190 g/mol. The Hall–Kier alpha value is -1.08. The zero-order valence-electron chi connectivity index (χ0n) is 8.69. The van der Waals surface area contributed by atoms with Crippen molar-refractivity contribution >= 4 is 0 Å². The fourth-order valence-corrected chi connectivity index (χ4v) is 1.39. The molecule has 1 atom stereocenters. The summed E-state index contributed by atoms with van der Waals surface area (Å²) < 4.78 is 0. The van der Waals surface area contributed by atoms with Gasteiger partial charge in [-0.25, -0.2) is 0 Å². The van der Waals surface area contributed by atoms with E-state index in [1.807, 2.05) is 37.3 Å². The topological polar surface area (TPSA) is 20.2 Å². The van der Waals surface area contributed by atoms with Crippen LogP contribution in [0.15, 0.2) is 42.5 Å². The van der Waals surface area contributed by atoms with Crippen molar-refractivity contribution in [2.45, 2.75) is 32.3 Å². The molecule has 0 aliphatic carbocycles. The summed E-state index contributed by atoms with van der Waals surface area (Å²) >= 11 is 0. The highest BCUT2D eigenvalue weighted by molar-refractivity contribution is 5.14. The van der Waals surface area contributed by atoms with Crippen molar-refractivity contribution in [2.75, 3.05) is 0 Å². The maximum Gasteiger partial charge on any atom is 0.0577 e. The van der Waals surface area contributed by atoms with Crippen molar-refractivity contribution in [1.29, 1.82) is 0 Å². The molecule has 0 amide bonds. The lowest BCUT2D eigenvalue weighted by atomic mass is 10.1. The van der Waals surface area contributed by atoms with E-state index in [1.165, 1.54) is 5.56 Å². The van der Waals surface area contributed by atoms with Crippen LogP contribution in [0.4, 0.5) is 0 Å². The van der Waals surface area contributed by atoms with Crippen LogP contribution in [0.2, 0.25) is 0 Å². The summed E-state index contributed by atoms with van der Waals surface area (Å²) in [7, 11) is 0. The number of aryl methyl sites for hydroxylation is 1. The van der Waals surface area contributed by atoms with E-state index in [4.69, 9.17) is 0 Å². The predicted molar refractivity (Wildman–Crippen MR) is 60.2 cm³/mol. The maximum absolute atomic E-state index is 9.59. The van der Waals surface area contributed by atoms with Crippen molar-refractivity contribution in [2.24, 2.45) is 0 Å². The summed E-state index contributed by atoms with van der Waals surface area (Å²) in [6, 6.07) is 10.3. The normalized spacial score (nSPS) is 13.3. The number of rotatable bonds is 5. The Morgan fingerprint density at radius 2 is 2.00 bits per heavy atom. The van der Waals surface area contributed by atoms with E-state index >= 15 is 0 Å². The Morgan fingerprint density at radius 3 is 2.64 bits per heavy atom. The summed E-state index contributed by atoms with van der Waals surface area (Å²) in [5.41, 5.74) is 1.30. The minimum Gasteiger partial charge on any atom is -0.393 e. The van der Waals surface area contributed by atoms with Crippen molar-refractivity contribution in [1.82, 2.24) is 0 Å². The molecule has 0 aliphatic heterocycles. The standard InChI is InChI=1S/C13H18O/c1-2-3-9-13(14)11-10-12-7-5-4-6-8-12/h2-8,13-14H,9-11H2,1H3/b3-2-/t13-/m0/s1. The highest BCUT2D eigenvalue weighted by Gasteiger charge is 2.01. The molecule has 1 rings (SSSR count). The van der Waals surface area contributed by atoms with Crippen molar-refractivity contribution in [3.05, 3.63) is 48.0 Å². The first-order valence-corrected chi connectivity index (χ1v) is 5.16. The molecule has 1 nitrogen and oxygen atoms in total. The molecule has 0 aliphatic rings. The van der Waals surface area contributed by atoms with Gasteiger partial charge in [0.2, 0.25) is 0 Å². The van der Waals surface area contributed by atoms with E-state index in [2.05, 4.69) is 12.1 Å². The average molecular weight is 190 g/mol. The second kappa shape index (κ2) is 6.39. The van der Waals surface area contributed by atoms with Gasteiger partial charge in [0.25, 0.3) is 0 Å². The van der Waals surface area contributed by atoms with E-state index < -0.39 is 0 Å². The Morgan fingerprint density at radius 1 is 1.29 bits per heavy atom. The van der Waals surface area contributed by atoms with Crippen LogP contribution in [0.25, 0.3) is 0 Å². The first-order chi connectivity index (χ1) is 6.83. The third-order valence-electron chi connectivity index (χ3n) is 2.25. The van der Waals surface area contributed by atoms with Crippen LogP contribution in [-0.4, -0.2) is 11.2 Å². The van der Waals surface area contributed by atoms with Gasteiger partial charge in [-0.05, 0) is 31.7 Å². The van der Waals surface area contributed by atoms with Crippen LogP contribution in [0, 0.1) is 0 Å². The van der Waals surface area contributed by atoms with Gasteiger partial charge < -0.3 is 5.11 Å². The number of aliphatic hydroxyl groups excluding tert-OH is 1. The van der Waals surface area contributed by atoms with Gasteiger partial charge in [0.15, 0.2) is 0 Å². The van der Waals surface area contributed by atoms with Crippen molar-refractivity contribution < 1.29 is 5.11 Å². The lowest BCUT2D eigenvalue weighted by Crippen LogP contribution is -2.06. The Balaban J connectivity index is 2.27. The Kier molecular flexibility index (Phi) is 5.02. The predicted octanol–water partition coefficient (Wildman–Crippen LogP) is 2.95. The fraction of sp³-hybridized carbons (Fsp3) is 0.385. The van der Waals surface area contributed by atoms with Gasteiger partial charge >= 0.3 is 0 Å². The van der Waals surface area contributed by atoms with Crippen molar-refractivity contribution in [3.63, 3.8) is 0 Å². The summed E-state index contributed by atoms with van der Waals surface area (Å²) in [6.45, 7) is 1.98. The third kappa shape index (κ3) is 4.24. The van der Waals surface area contributed by atoms with Crippen LogP contribution in [-0.2, 0) is 6.42 Å². The molecular weight excluding hydrogens is 172 g/mol. The zero-order valence-corrected chi connectivity index (χ0v) is 8.69. The number of hydrogen-bond acceptors (Lipinski definition) is 1. The highest BCUT2D eigenvalue weighted by Crippen LogP contribution is 2.07. The molecule has 1 N–H and O–H groups in total. The number of benzene rings is 1. The van der Waals surface area contributed by atoms with Gasteiger partial charge in [-0.3, -0.25) is 0 Å². The molecule has 76 valence electrons. The summed E-state index contributed by atoms with van der Waals surface area (Å²) in [6.07, 6.45) is 6.35. The fourth-order valence-electron chi connectivity index (χ4n) is 1.39. The third-order valence-corrected chi connectivity index (χ3v) is 2.25. The second-order valence-electron chi connectivity index (χ2n) is 3.48. The van der Waals surface area contributed by atoms with Gasteiger partial charge in [-0.15, -0.1) is 0 Å². The molecule has 0 radical (unpaired) electrons. The minimum atomic E-state index is -0.202. The van der Waals surface area contributed by atoms with E-state index in [-0.39, 0.29) is 6.10 Å². The molecule has 0 bridgehead atoms. The van der Waals surface area contributed by atoms with Gasteiger partial charge in [0.1, 0.15) is 0 Å². The molecule has 0 fully saturated rings. The first kappa shape index (κ1) is 11.0. The Labute approximate surface area is 86.1 Å². The first-order valence-electron chi connectivity index (χ1n) is 5.16. The van der Waals surface area contributed by atoms with Gasteiger partial charge in [0.05, 0.1) is 6.10 Å². The molecule has 0 saturated carbocycles. The van der Waals surface area contributed by atoms with Gasteiger partial charge in [-0.2, -0.15) is 0 Å². The van der Waals surface area contributed by atoms with Crippen LogP contribution in [0.3, 0.4) is 0 Å². The highest BCUT2D eigenvalue weighted by atomic mass is 16.3. The molecule has 1 aromatic carbocycles. The van der Waals surface area contributed by atoms with Crippen molar-refractivity contribution in [3.8, 4) is 0 Å². The molecule has 0 spiro atoms. The molecule has 0 saturated heterocycles. The lowest BCUT2D eigenvalue weighted by Gasteiger charge is -2.07. The maximum atomic E-state index is 9.59. The Bertz CT molecular complexity index is 264. The molecule has 14 heavy (non-hydrogen) atoms. The number of aliphatic hydroxyl groups is 1. The lowest BCUT2D eigenvalue weighted by molar-refractivity contribution is 0.168. The summed E-state index contributed by atoms with van der Waals surface area (Å²) in [5, 5.41) is 9.59. The van der Waals surface area contributed by atoms with Gasteiger partial charge in [0, 0.05) is 0 Å². The molecule has 0 heterocycles. The largest absolute Gasteiger partial charge is 0.393 e. The smallest absolute Gasteiger partial charge is 0.0577 e. The SMILES string of the molecule is C/C=C\C[C@H](O)CCc1ccccc1. The van der Waals surface area contributed by atoms with Crippen LogP contribution in [0.5, 0.6) is 0 Å². The molecular formula is C13H18O. The second-order valence-corrected chi connectivity index (χ2v) is 3.48. The van der Waals surface area contributed by atoms with Crippen LogP contribution < -0.4 is 0 Å². The molecule has 0 unspecified atom stereocenters. The van der Waals surface area contributed by atoms with E-state index in [0.717, 1.165) is 19.3 Å². The van der Waals surface area contributed by atoms with E-state index in [1.54, 1.807) is 0 Å². The quantitative estimate of drug-likeness (QED) is 0.708. The van der Waals surface area contributed by atoms with E-state index in [0.29, 0.717) is 0 Å². The summed E-state index contributed by atoms with van der Waals surface area (Å²) in [4.78, 5) is 0. The van der Waals surface area contributed by atoms with Gasteiger partial charge in [-0.1, -0.05) is 42.5 Å². The van der Waals surface area contributed by atoms with E-state index in [9.17, 15) is 5.11 Å². The molecule has 1 aromatic rings. The minimum absolute atomic E-state index is 0.202. The number of hydrogen-bond donors (Lipinski definition) is 1. The summed E-state index contributed by atoms with van der Waals surface area (Å²) in [5.74, 6) is 0. The average Bonchev–Trinajstić information content (AvgIpc) is 2.25.